The van der Waals surface area contributed by atoms with E-state index in [1.54, 1.807) is 0 Å². The quantitative estimate of drug-likeness (QED) is 0.398. The van der Waals surface area contributed by atoms with Crippen LogP contribution in [0.3, 0.4) is 0 Å². The minimum absolute atomic E-state index is 0.301. The molecule has 2 aromatic rings. The van der Waals surface area contributed by atoms with Gasteiger partial charge in [-0.05, 0) is 72.6 Å². The molecule has 1 aliphatic carbocycles. The Morgan fingerprint density at radius 3 is 2.33 bits per heavy atom. The highest BCUT2D eigenvalue weighted by Crippen LogP contribution is 2.32. The molecular weight excluding hydrogens is 332 g/mol. The number of ether oxygens (including phenoxy) is 1. The van der Waals surface area contributed by atoms with Crippen LogP contribution in [0.4, 0.5) is 0 Å². The molecule has 0 spiro atoms. The lowest BCUT2D eigenvalue weighted by atomic mass is 9.84. The fraction of sp³-hybridized carbons (Fsp3) is 0.400. The molecule has 2 heteroatoms. The Labute approximate surface area is 163 Å². The third kappa shape index (κ3) is 5.32. The molecule has 0 heterocycles. The van der Waals surface area contributed by atoms with Gasteiger partial charge in [0.2, 0.25) is 0 Å². The number of rotatable bonds is 7. The second-order valence-electron chi connectivity index (χ2n) is 7.52. The van der Waals surface area contributed by atoms with Crippen molar-refractivity contribution in [1.29, 1.82) is 0 Å². The summed E-state index contributed by atoms with van der Waals surface area (Å²) in [5.41, 5.74) is 4.50. The molecule has 0 aliphatic heterocycles. The van der Waals surface area contributed by atoms with Crippen molar-refractivity contribution in [2.45, 2.75) is 58.8 Å². The van der Waals surface area contributed by atoms with Crippen molar-refractivity contribution < 1.29 is 9.53 Å². The summed E-state index contributed by atoms with van der Waals surface area (Å²) in [6.45, 7) is 4.42. The maximum absolute atomic E-state index is 12.4. The van der Waals surface area contributed by atoms with Gasteiger partial charge in [0.1, 0.15) is 5.75 Å². The van der Waals surface area contributed by atoms with Crippen LogP contribution in [0.25, 0.3) is 5.57 Å². The van der Waals surface area contributed by atoms with Crippen LogP contribution < -0.4 is 4.74 Å². The van der Waals surface area contributed by atoms with Gasteiger partial charge in [-0.1, -0.05) is 63.5 Å². The third-order valence-electron chi connectivity index (χ3n) is 5.38. The van der Waals surface area contributed by atoms with E-state index < -0.39 is 0 Å². The van der Waals surface area contributed by atoms with E-state index in [-0.39, 0.29) is 5.97 Å². The zero-order valence-corrected chi connectivity index (χ0v) is 16.5. The predicted molar refractivity (Wildman–Crippen MR) is 112 cm³/mol. The molecule has 0 saturated heterocycles. The number of carbonyl (C=O) groups is 1. The highest BCUT2D eigenvalue weighted by Gasteiger charge is 2.15. The van der Waals surface area contributed by atoms with Crippen LogP contribution in [-0.2, 0) is 6.42 Å². The van der Waals surface area contributed by atoms with Gasteiger partial charge in [0.25, 0.3) is 0 Å². The Morgan fingerprint density at radius 2 is 1.74 bits per heavy atom. The summed E-state index contributed by atoms with van der Waals surface area (Å²) < 4.78 is 5.51. The van der Waals surface area contributed by atoms with Crippen LogP contribution in [0.15, 0.2) is 54.6 Å². The maximum Gasteiger partial charge on any atom is 0.343 e. The van der Waals surface area contributed by atoms with Crippen molar-refractivity contribution in [2.75, 3.05) is 0 Å². The van der Waals surface area contributed by atoms with Gasteiger partial charge in [-0.3, -0.25) is 0 Å². The molecule has 142 valence electrons. The lowest BCUT2D eigenvalue weighted by Crippen LogP contribution is -2.09. The van der Waals surface area contributed by atoms with Gasteiger partial charge < -0.3 is 4.74 Å². The second kappa shape index (κ2) is 9.55. The molecular formula is C25H30O2. The van der Waals surface area contributed by atoms with E-state index in [0.29, 0.717) is 11.3 Å². The Kier molecular flexibility index (Phi) is 6.86. The van der Waals surface area contributed by atoms with E-state index in [1.807, 2.05) is 48.5 Å². The van der Waals surface area contributed by atoms with Crippen LogP contribution in [0.2, 0.25) is 0 Å². The Hall–Kier alpha value is -2.35. The molecule has 0 fully saturated rings. The number of allylic oxidation sites excluding steroid dienone is 2. The van der Waals surface area contributed by atoms with Crippen LogP contribution in [0, 0.1) is 5.92 Å². The van der Waals surface area contributed by atoms with Gasteiger partial charge in [0, 0.05) is 0 Å². The average Bonchev–Trinajstić information content (AvgIpc) is 2.71. The number of aryl methyl sites for hydroxylation is 1. The van der Waals surface area contributed by atoms with Crippen molar-refractivity contribution in [3.63, 3.8) is 0 Å². The Bertz CT molecular complexity index is 769. The van der Waals surface area contributed by atoms with Gasteiger partial charge in [-0.15, -0.1) is 0 Å². The predicted octanol–water partition coefficient (Wildman–Crippen LogP) is 6.84. The SMILES string of the molecule is CCCc1ccc(OC(=O)c2ccc(C3=CCC(CCC)CC3)cc2)cc1. The van der Waals surface area contributed by atoms with Crippen LogP contribution in [-0.4, -0.2) is 5.97 Å². The standard InChI is InChI=1S/C25H30O2/c1-3-5-19-7-11-21(12-8-19)22-13-15-23(16-14-22)25(26)27-24-17-9-20(6-4-2)10-18-24/h9-11,13-19H,3-8,12H2,1-2H3. The smallest absolute Gasteiger partial charge is 0.343 e. The van der Waals surface area contributed by atoms with E-state index in [4.69, 9.17) is 4.74 Å². The van der Waals surface area contributed by atoms with Gasteiger partial charge in [0.05, 0.1) is 5.56 Å². The summed E-state index contributed by atoms with van der Waals surface area (Å²) in [4.78, 5) is 12.4. The molecule has 0 radical (unpaired) electrons. The van der Waals surface area contributed by atoms with Crippen molar-refractivity contribution in [2.24, 2.45) is 5.92 Å². The van der Waals surface area contributed by atoms with Crippen LogP contribution in [0.1, 0.15) is 73.9 Å². The lowest BCUT2D eigenvalue weighted by Gasteiger charge is -2.21. The summed E-state index contributed by atoms with van der Waals surface area (Å²) >= 11 is 0. The minimum Gasteiger partial charge on any atom is -0.423 e. The minimum atomic E-state index is -0.301. The number of benzene rings is 2. The number of hydrogen-bond acceptors (Lipinski definition) is 2. The second-order valence-corrected chi connectivity index (χ2v) is 7.52. The molecule has 0 bridgehead atoms. The van der Waals surface area contributed by atoms with Crippen molar-refractivity contribution in [3.05, 3.63) is 71.3 Å². The molecule has 0 aromatic heterocycles. The topological polar surface area (TPSA) is 26.3 Å². The lowest BCUT2D eigenvalue weighted by molar-refractivity contribution is 0.0734. The molecule has 1 aliphatic rings. The first-order chi connectivity index (χ1) is 13.2. The van der Waals surface area contributed by atoms with Gasteiger partial charge in [-0.2, -0.15) is 0 Å². The summed E-state index contributed by atoms with van der Waals surface area (Å²) in [7, 11) is 0. The van der Waals surface area contributed by atoms with Gasteiger partial charge >= 0.3 is 5.97 Å². The number of hydrogen-bond donors (Lipinski definition) is 0. The molecule has 0 amide bonds. The van der Waals surface area contributed by atoms with Crippen LogP contribution >= 0.6 is 0 Å². The molecule has 0 saturated carbocycles. The third-order valence-corrected chi connectivity index (χ3v) is 5.38. The fourth-order valence-electron chi connectivity index (χ4n) is 3.82. The Morgan fingerprint density at radius 1 is 1.00 bits per heavy atom. The first-order valence-electron chi connectivity index (χ1n) is 10.3. The van der Waals surface area contributed by atoms with Crippen LogP contribution in [0.5, 0.6) is 5.75 Å². The van der Waals surface area contributed by atoms with Gasteiger partial charge in [0.15, 0.2) is 0 Å². The maximum atomic E-state index is 12.4. The average molecular weight is 363 g/mol. The monoisotopic (exact) mass is 362 g/mol. The van der Waals surface area contributed by atoms with E-state index >= 15 is 0 Å². The highest BCUT2D eigenvalue weighted by molar-refractivity contribution is 5.91. The summed E-state index contributed by atoms with van der Waals surface area (Å²) in [5, 5.41) is 0. The summed E-state index contributed by atoms with van der Waals surface area (Å²) in [5.74, 6) is 1.14. The van der Waals surface area contributed by atoms with E-state index in [9.17, 15) is 4.79 Å². The van der Waals surface area contributed by atoms with E-state index in [2.05, 4.69) is 19.9 Å². The molecule has 0 N–H and O–H groups in total. The van der Waals surface area contributed by atoms with E-state index in [1.165, 1.54) is 42.4 Å². The molecule has 1 atom stereocenters. The van der Waals surface area contributed by atoms with Gasteiger partial charge in [-0.25, -0.2) is 4.79 Å². The molecule has 2 nitrogen and oxygen atoms in total. The number of esters is 1. The molecule has 27 heavy (non-hydrogen) atoms. The Balaban J connectivity index is 1.60. The molecule has 1 unspecified atom stereocenters. The number of carbonyl (C=O) groups excluding carboxylic acids is 1. The van der Waals surface area contributed by atoms with Crippen molar-refractivity contribution >= 4 is 11.5 Å². The molecule has 2 aromatic carbocycles. The molecule has 3 rings (SSSR count). The summed E-state index contributed by atoms with van der Waals surface area (Å²) in [6.07, 6.45) is 10.7. The first kappa shape index (κ1) is 19.4. The normalized spacial score (nSPS) is 16.7. The zero-order chi connectivity index (χ0) is 19.1. The first-order valence-corrected chi connectivity index (χ1v) is 10.3. The zero-order valence-electron chi connectivity index (χ0n) is 16.5. The fourth-order valence-corrected chi connectivity index (χ4v) is 3.82. The summed E-state index contributed by atoms with van der Waals surface area (Å²) in [6, 6.07) is 15.6. The highest BCUT2D eigenvalue weighted by atomic mass is 16.5. The van der Waals surface area contributed by atoms with E-state index in [0.717, 1.165) is 25.2 Å². The largest absolute Gasteiger partial charge is 0.423 e. The van der Waals surface area contributed by atoms with Crippen molar-refractivity contribution in [1.82, 2.24) is 0 Å². The van der Waals surface area contributed by atoms with Crippen molar-refractivity contribution in [3.8, 4) is 5.75 Å².